The maximum Gasteiger partial charge on any atom is 0.418 e. The number of anilines is 2. The first-order chi connectivity index (χ1) is 23.9. The number of nitrogens with one attached hydrogen (secondary N) is 2. The van der Waals surface area contributed by atoms with Crippen molar-refractivity contribution in [3.05, 3.63) is 45.3 Å². The van der Waals surface area contributed by atoms with Crippen molar-refractivity contribution in [1.29, 1.82) is 0 Å². The fraction of sp³-hybridized carbons (Fsp3) is 0.618. The summed E-state index contributed by atoms with van der Waals surface area (Å²) in [6.07, 6.45) is -3.34. The number of urea groups is 1. The maximum atomic E-state index is 14.1. The highest BCUT2D eigenvalue weighted by molar-refractivity contribution is 7.14. The summed E-state index contributed by atoms with van der Waals surface area (Å²) in [6.45, 7) is 6.05. The molecule has 0 bridgehead atoms. The van der Waals surface area contributed by atoms with Gasteiger partial charge in [-0.05, 0) is 81.4 Å². The van der Waals surface area contributed by atoms with Gasteiger partial charge >= 0.3 is 18.3 Å². The zero-order valence-electron chi connectivity index (χ0n) is 28.4. The van der Waals surface area contributed by atoms with Gasteiger partial charge < -0.3 is 29.7 Å². The molecule has 3 fully saturated rings. The van der Waals surface area contributed by atoms with Crippen LogP contribution in [-0.4, -0.2) is 127 Å². The summed E-state index contributed by atoms with van der Waals surface area (Å²) in [6, 6.07) is 4.42. The molecule has 0 unspecified atom stereocenters. The van der Waals surface area contributed by atoms with Crippen LogP contribution in [0.3, 0.4) is 0 Å². The Morgan fingerprint density at radius 3 is 2.42 bits per heavy atom. The van der Waals surface area contributed by atoms with Crippen LogP contribution in [-0.2, 0) is 28.7 Å². The van der Waals surface area contributed by atoms with Crippen molar-refractivity contribution < 1.29 is 32.3 Å². The van der Waals surface area contributed by atoms with Gasteiger partial charge in [-0.25, -0.2) is 9.59 Å². The molecule has 4 aliphatic heterocycles. The normalized spacial score (nSPS) is 21.0. The lowest BCUT2D eigenvalue weighted by atomic mass is 9.99. The lowest BCUT2D eigenvalue weighted by molar-refractivity contribution is -0.142. The van der Waals surface area contributed by atoms with Gasteiger partial charge in [0.15, 0.2) is 6.10 Å². The number of piperidine rings is 2. The molecule has 5 heterocycles. The van der Waals surface area contributed by atoms with Crippen molar-refractivity contribution in [2.45, 2.75) is 69.4 Å². The molecule has 11 nitrogen and oxygen atoms in total. The Kier molecular flexibility index (Phi) is 11.4. The maximum absolute atomic E-state index is 14.1. The number of likely N-dealkylation sites (tertiary alicyclic amines) is 2. The van der Waals surface area contributed by atoms with E-state index in [1.54, 1.807) is 9.80 Å². The quantitative estimate of drug-likeness (QED) is 0.379. The van der Waals surface area contributed by atoms with Gasteiger partial charge in [0, 0.05) is 70.4 Å². The van der Waals surface area contributed by atoms with Crippen molar-refractivity contribution in [3.8, 4) is 0 Å². The summed E-state index contributed by atoms with van der Waals surface area (Å²) < 4.78 is 47.9. The minimum atomic E-state index is -4.70. The highest BCUT2D eigenvalue weighted by Gasteiger charge is 2.39. The van der Waals surface area contributed by atoms with Gasteiger partial charge in [-0.2, -0.15) is 13.2 Å². The average Bonchev–Trinajstić information content (AvgIpc) is 3.44. The fourth-order valence-electron chi connectivity index (χ4n) is 7.58. The third kappa shape index (κ3) is 8.27. The zero-order valence-corrected chi connectivity index (χ0v) is 30.0. The van der Waals surface area contributed by atoms with E-state index in [0.29, 0.717) is 51.6 Å². The first kappa shape index (κ1) is 36.5. The molecular weight excluding hydrogens is 695 g/mol. The summed E-state index contributed by atoms with van der Waals surface area (Å²) in [4.78, 5) is 50.2. The molecule has 0 radical (unpaired) electrons. The van der Waals surface area contributed by atoms with Crippen molar-refractivity contribution in [2.75, 3.05) is 77.1 Å². The Morgan fingerprint density at radius 2 is 1.72 bits per heavy atom. The highest BCUT2D eigenvalue weighted by atomic mass is 35.5. The molecule has 6 rings (SSSR count). The Bertz CT molecular complexity index is 1540. The molecule has 0 aliphatic carbocycles. The average molecular weight is 740 g/mol. The molecule has 1 atom stereocenters. The van der Waals surface area contributed by atoms with Gasteiger partial charge in [0.1, 0.15) is 5.00 Å². The molecule has 1 aromatic heterocycles. The minimum absolute atomic E-state index is 0.0796. The van der Waals surface area contributed by atoms with Gasteiger partial charge in [0.2, 0.25) is 0 Å². The lowest BCUT2D eigenvalue weighted by Crippen LogP contribution is -2.53. The summed E-state index contributed by atoms with van der Waals surface area (Å²) in [5, 5.41) is 8.10. The van der Waals surface area contributed by atoms with Crippen molar-refractivity contribution in [3.63, 3.8) is 0 Å². The Morgan fingerprint density at radius 1 is 1.02 bits per heavy atom. The van der Waals surface area contributed by atoms with E-state index in [9.17, 15) is 27.6 Å². The predicted octanol–water partition coefficient (Wildman–Crippen LogP) is 5.65. The lowest BCUT2D eigenvalue weighted by Gasteiger charge is -2.40. The number of rotatable bonds is 7. The molecule has 274 valence electrons. The molecular formula is C34H45ClF3N7O4S. The van der Waals surface area contributed by atoms with E-state index in [-0.39, 0.29) is 34.8 Å². The Balaban J connectivity index is 1.14. The number of fused-ring (bicyclic) bond motifs is 1. The SMILES string of the molecule is CNc1c(Cl)cc(C[C@@H](OC(=O)N2CCC(N3Cc4ccsc4NC3=O)CC2)C(=O)N2CCC(N3CCCN(C)CC3)CC2)cc1C(F)(F)F. The monoisotopic (exact) mass is 739 g/mol. The first-order valence-corrected chi connectivity index (χ1v) is 18.5. The van der Waals surface area contributed by atoms with Crippen LogP contribution in [0.4, 0.5) is 33.4 Å². The number of halogens is 4. The molecule has 2 N–H and O–H groups in total. The number of nitrogens with zero attached hydrogens (tertiary/aromatic N) is 5. The van der Waals surface area contributed by atoms with Crippen LogP contribution in [0.5, 0.6) is 0 Å². The number of hydrogen-bond acceptors (Lipinski definition) is 8. The van der Waals surface area contributed by atoms with Gasteiger partial charge in [-0.1, -0.05) is 11.6 Å². The van der Waals surface area contributed by atoms with Crippen LogP contribution < -0.4 is 10.6 Å². The number of amides is 4. The van der Waals surface area contributed by atoms with Crippen LogP contribution >= 0.6 is 22.9 Å². The van der Waals surface area contributed by atoms with Gasteiger partial charge in [-0.3, -0.25) is 15.0 Å². The predicted molar refractivity (Wildman–Crippen MR) is 187 cm³/mol. The fourth-order valence-corrected chi connectivity index (χ4v) is 8.72. The van der Waals surface area contributed by atoms with E-state index < -0.39 is 29.8 Å². The van der Waals surface area contributed by atoms with Crippen LogP contribution in [0, 0.1) is 0 Å². The third-order valence-electron chi connectivity index (χ3n) is 10.4. The van der Waals surface area contributed by atoms with Crippen LogP contribution in [0.25, 0.3) is 0 Å². The van der Waals surface area contributed by atoms with E-state index in [0.717, 1.165) is 62.1 Å². The molecule has 0 saturated carbocycles. The summed E-state index contributed by atoms with van der Waals surface area (Å²) in [5.74, 6) is -0.429. The first-order valence-electron chi connectivity index (χ1n) is 17.3. The summed E-state index contributed by atoms with van der Waals surface area (Å²) in [7, 11) is 3.48. The Hall–Kier alpha value is -3.27. The highest BCUT2D eigenvalue weighted by Crippen LogP contribution is 2.40. The zero-order chi connectivity index (χ0) is 35.6. The second-order valence-electron chi connectivity index (χ2n) is 13.6. The van der Waals surface area contributed by atoms with Crippen LogP contribution in [0.1, 0.15) is 48.8 Å². The van der Waals surface area contributed by atoms with E-state index in [1.165, 1.54) is 29.4 Å². The van der Waals surface area contributed by atoms with E-state index in [2.05, 4.69) is 27.5 Å². The van der Waals surface area contributed by atoms with Crippen LogP contribution in [0.15, 0.2) is 23.6 Å². The van der Waals surface area contributed by atoms with Gasteiger partial charge in [0.25, 0.3) is 5.91 Å². The molecule has 2 aromatic rings. The largest absolute Gasteiger partial charge is 0.436 e. The smallest absolute Gasteiger partial charge is 0.418 e. The van der Waals surface area contributed by atoms with Gasteiger partial charge in [-0.15, -0.1) is 11.3 Å². The number of carbonyl (C=O) groups is 3. The topological polar surface area (TPSA) is 101 Å². The van der Waals surface area contributed by atoms with Gasteiger partial charge in [0.05, 0.1) is 22.8 Å². The van der Waals surface area contributed by atoms with Crippen molar-refractivity contribution >= 4 is 51.7 Å². The second-order valence-corrected chi connectivity index (χ2v) is 14.9. The second kappa shape index (κ2) is 15.5. The molecule has 1 aromatic carbocycles. The number of benzene rings is 1. The van der Waals surface area contributed by atoms with E-state index >= 15 is 0 Å². The molecule has 0 spiro atoms. The summed E-state index contributed by atoms with van der Waals surface area (Å²) in [5.41, 5.74) is -0.0246. The number of likely N-dealkylation sites (N-methyl/N-ethyl adjacent to an activating group) is 1. The number of carbonyl (C=O) groups excluding carboxylic acids is 3. The standard InChI is InChI=1S/C34H45ClF3N7O4S/c1-39-29-26(34(36,37)38)18-22(19-27(29)35)20-28(31(46)43-11-4-24(5-12-43)42-10-3-9-41(2)15-16-42)49-33(48)44-13-6-25(7-14-44)45-21-23-8-17-50-30(23)40-32(45)47/h8,17-19,24-25,28,39H,3-7,9-16,20-21H2,1-2H3,(H,40,47)/t28-/m1/s1. The molecule has 50 heavy (non-hydrogen) atoms. The molecule has 16 heteroatoms. The molecule has 4 aliphatic rings. The number of hydrogen-bond donors (Lipinski definition) is 2. The van der Waals surface area contributed by atoms with E-state index in [4.69, 9.17) is 16.3 Å². The molecule has 3 saturated heterocycles. The Labute approximate surface area is 299 Å². The number of ether oxygens (including phenoxy) is 1. The number of alkyl halides is 3. The van der Waals surface area contributed by atoms with Crippen molar-refractivity contribution in [2.24, 2.45) is 0 Å². The van der Waals surface area contributed by atoms with E-state index in [1.807, 2.05) is 11.4 Å². The summed E-state index contributed by atoms with van der Waals surface area (Å²) >= 11 is 7.77. The number of thiophene rings is 1. The minimum Gasteiger partial charge on any atom is -0.436 e. The third-order valence-corrected chi connectivity index (χ3v) is 11.6. The van der Waals surface area contributed by atoms with Crippen molar-refractivity contribution in [1.82, 2.24) is 24.5 Å². The molecule has 4 amide bonds. The van der Waals surface area contributed by atoms with Crippen LogP contribution in [0.2, 0.25) is 5.02 Å².